The molecular weight excluding hydrogens is 208 g/mol. The highest BCUT2D eigenvalue weighted by Gasteiger charge is 2.06. The van der Waals surface area contributed by atoms with Gasteiger partial charge < -0.3 is 0 Å². The molecule has 0 unspecified atom stereocenters. The lowest BCUT2D eigenvalue weighted by atomic mass is 9.96. The second-order valence-electron chi connectivity index (χ2n) is 3.77. The van der Waals surface area contributed by atoms with Gasteiger partial charge in [0.2, 0.25) is 0 Å². The van der Waals surface area contributed by atoms with Crippen LogP contribution in [-0.4, -0.2) is 10.2 Å². The maximum absolute atomic E-state index is 3.90. The summed E-state index contributed by atoms with van der Waals surface area (Å²) in [6.07, 6.45) is 1.92. The van der Waals surface area contributed by atoms with Gasteiger partial charge >= 0.3 is 0 Å². The molecule has 0 fully saturated rings. The van der Waals surface area contributed by atoms with Gasteiger partial charge in [-0.2, -0.15) is 0 Å². The van der Waals surface area contributed by atoms with E-state index in [1.165, 1.54) is 22.3 Å². The van der Waals surface area contributed by atoms with Crippen LogP contribution in [0, 0.1) is 6.92 Å². The summed E-state index contributed by atoms with van der Waals surface area (Å²) in [5.74, 6) is 0. The van der Waals surface area contributed by atoms with Crippen LogP contribution >= 0.6 is 0 Å². The van der Waals surface area contributed by atoms with Gasteiger partial charge in [0.25, 0.3) is 0 Å². The zero-order valence-electron chi connectivity index (χ0n) is 9.33. The third-order valence-electron chi connectivity index (χ3n) is 2.80. The first-order valence-electron chi connectivity index (χ1n) is 5.27. The first-order chi connectivity index (χ1) is 7.74. The van der Waals surface area contributed by atoms with Gasteiger partial charge in [-0.15, -0.1) is 0 Å². The van der Waals surface area contributed by atoms with Crippen LogP contribution in [0.1, 0.15) is 11.1 Å². The zero-order valence-corrected chi connectivity index (χ0v) is 10.3. The van der Waals surface area contributed by atoms with Gasteiger partial charge in [-0.05, 0) is 29.2 Å². The number of hydrogen-bond acceptors (Lipinski definition) is 0. The van der Waals surface area contributed by atoms with Crippen molar-refractivity contribution < 1.29 is 0 Å². The molecule has 0 amide bonds. The molecule has 77 valence electrons. The smallest absolute Gasteiger partial charge is 0.0715 e. The highest BCUT2D eigenvalue weighted by atomic mass is 28.1. The summed E-state index contributed by atoms with van der Waals surface area (Å²) in [7, 11) is 3.60. The molecule has 0 bridgehead atoms. The fourth-order valence-electron chi connectivity index (χ4n) is 1.86. The molecule has 0 aliphatic rings. The molecule has 0 aliphatic carbocycles. The first-order valence-corrected chi connectivity index (χ1v) is 5.77. The summed E-state index contributed by atoms with van der Waals surface area (Å²) in [4.78, 5) is 0. The molecule has 3 radical (unpaired) electrons. The minimum absolute atomic E-state index is 1.12. The Hall–Kier alpha value is -1.60. The molecule has 16 heavy (non-hydrogen) atoms. The Morgan fingerprint density at radius 3 is 2.38 bits per heavy atom. The summed E-state index contributed by atoms with van der Waals surface area (Å²) in [5.41, 5.74) is 4.88. The second kappa shape index (κ2) is 4.50. The van der Waals surface area contributed by atoms with Crippen molar-refractivity contribution in [2.45, 2.75) is 6.92 Å². The quantitative estimate of drug-likeness (QED) is 0.684. The summed E-state index contributed by atoms with van der Waals surface area (Å²) in [5, 5.41) is 1.12. The van der Waals surface area contributed by atoms with Crippen LogP contribution in [0.25, 0.3) is 17.2 Å². The molecule has 0 aromatic heterocycles. The normalized spacial score (nSPS) is 10.1. The van der Waals surface area contributed by atoms with Gasteiger partial charge in [-0.25, -0.2) is 0 Å². The van der Waals surface area contributed by atoms with Gasteiger partial charge in [0.05, 0.1) is 10.2 Å². The Morgan fingerprint density at radius 1 is 1.06 bits per heavy atom. The van der Waals surface area contributed by atoms with Crippen molar-refractivity contribution >= 4 is 21.5 Å². The highest BCUT2D eigenvalue weighted by Crippen LogP contribution is 2.25. The van der Waals surface area contributed by atoms with Crippen molar-refractivity contribution in [3.05, 3.63) is 60.2 Å². The Kier molecular flexibility index (Phi) is 3.06. The Labute approximate surface area is 100 Å². The highest BCUT2D eigenvalue weighted by molar-refractivity contribution is 6.33. The van der Waals surface area contributed by atoms with Crippen molar-refractivity contribution in [3.63, 3.8) is 0 Å². The third-order valence-corrected chi connectivity index (χ3v) is 3.35. The van der Waals surface area contributed by atoms with E-state index in [1.807, 2.05) is 12.1 Å². The Bertz CT molecular complexity index is 512. The van der Waals surface area contributed by atoms with E-state index in [2.05, 4.69) is 60.1 Å². The predicted molar refractivity (Wildman–Crippen MR) is 72.1 cm³/mol. The fourth-order valence-corrected chi connectivity index (χ4v) is 2.08. The molecule has 2 aromatic rings. The van der Waals surface area contributed by atoms with Crippen molar-refractivity contribution in [1.29, 1.82) is 0 Å². The number of rotatable bonds is 2. The average Bonchev–Trinajstić information content (AvgIpc) is 2.33. The van der Waals surface area contributed by atoms with Crippen LogP contribution in [0.3, 0.4) is 0 Å². The molecule has 2 rings (SSSR count). The maximum atomic E-state index is 3.90. The van der Waals surface area contributed by atoms with E-state index < -0.39 is 0 Å². The molecule has 0 N–H and O–H groups in total. The zero-order chi connectivity index (χ0) is 11.5. The molecule has 0 saturated carbocycles. The van der Waals surface area contributed by atoms with Crippen LogP contribution in [0.4, 0.5) is 0 Å². The first kappa shape index (κ1) is 10.9. The minimum Gasteiger partial charge on any atom is -0.0984 e. The molecular formula is C15H13Si. The summed E-state index contributed by atoms with van der Waals surface area (Å²) >= 11 is 0. The van der Waals surface area contributed by atoms with E-state index in [-0.39, 0.29) is 0 Å². The fraction of sp³-hybridized carbons (Fsp3) is 0.0667. The maximum Gasteiger partial charge on any atom is 0.0715 e. The second-order valence-corrected chi connectivity index (χ2v) is 4.31. The molecule has 0 heterocycles. The monoisotopic (exact) mass is 221 g/mol. The number of hydrogen-bond donors (Lipinski definition) is 0. The topological polar surface area (TPSA) is 0 Å². The lowest BCUT2D eigenvalue weighted by Crippen LogP contribution is -2.09. The molecule has 1 heteroatoms. The van der Waals surface area contributed by atoms with Gasteiger partial charge in [0, 0.05) is 0 Å². The summed E-state index contributed by atoms with van der Waals surface area (Å²) < 4.78 is 0. The third kappa shape index (κ3) is 1.86. The summed E-state index contributed by atoms with van der Waals surface area (Å²) in [6.45, 7) is 6.00. The largest absolute Gasteiger partial charge is 0.0984 e. The van der Waals surface area contributed by atoms with Crippen molar-refractivity contribution in [2.24, 2.45) is 0 Å². The van der Waals surface area contributed by atoms with Gasteiger partial charge in [0.1, 0.15) is 0 Å². The number of benzene rings is 2. The predicted octanol–water partition coefficient (Wildman–Crippen LogP) is 3.10. The van der Waals surface area contributed by atoms with Gasteiger partial charge in [-0.1, -0.05) is 60.3 Å². The van der Waals surface area contributed by atoms with Crippen LogP contribution < -0.4 is 5.19 Å². The Morgan fingerprint density at radius 2 is 1.75 bits per heavy atom. The van der Waals surface area contributed by atoms with E-state index in [1.54, 1.807) is 0 Å². The molecule has 0 nitrogen and oxygen atoms in total. The van der Waals surface area contributed by atoms with E-state index in [0.717, 1.165) is 5.19 Å². The molecule has 0 saturated heterocycles. The van der Waals surface area contributed by atoms with Gasteiger partial charge in [0.15, 0.2) is 0 Å². The standard InChI is InChI=1S/C15H13Si/c1-3-13-11(2)15(16)10-9-14(13)12-7-5-4-6-8-12/h3-10H,1H2,2H3. The van der Waals surface area contributed by atoms with E-state index in [4.69, 9.17) is 0 Å². The van der Waals surface area contributed by atoms with Crippen molar-refractivity contribution in [1.82, 2.24) is 0 Å². The minimum atomic E-state index is 1.12. The van der Waals surface area contributed by atoms with E-state index in [0.29, 0.717) is 0 Å². The van der Waals surface area contributed by atoms with Crippen molar-refractivity contribution in [3.8, 4) is 11.1 Å². The molecule has 0 spiro atoms. The van der Waals surface area contributed by atoms with Crippen molar-refractivity contribution in [2.75, 3.05) is 0 Å². The van der Waals surface area contributed by atoms with E-state index >= 15 is 0 Å². The molecule has 0 atom stereocenters. The SMILES string of the molecule is C=Cc1c(-c2ccccc2)ccc([Si])c1C. The van der Waals surface area contributed by atoms with Gasteiger partial charge in [-0.3, -0.25) is 0 Å². The summed E-state index contributed by atoms with van der Waals surface area (Å²) in [6, 6.07) is 14.6. The van der Waals surface area contributed by atoms with Crippen LogP contribution in [0.5, 0.6) is 0 Å². The van der Waals surface area contributed by atoms with Crippen LogP contribution in [0.15, 0.2) is 49.0 Å². The average molecular weight is 221 g/mol. The molecule has 0 aliphatic heterocycles. The lowest BCUT2D eigenvalue weighted by Gasteiger charge is -2.11. The van der Waals surface area contributed by atoms with Crippen LogP contribution in [-0.2, 0) is 0 Å². The van der Waals surface area contributed by atoms with Crippen LogP contribution in [0.2, 0.25) is 0 Å². The molecule has 2 aromatic carbocycles. The Balaban J connectivity index is 2.67. The van der Waals surface area contributed by atoms with E-state index in [9.17, 15) is 0 Å². The lowest BCUT2D eigenvalue weighted by molar-refractivity contribution is 1.47.